The van der Waals surface area contributed by atoms with Crippen molar-refractivity contribution in [3.63, 3.8) is 0 Å². The summed E-state index contributed by atoms with van der Waals surface area (Å²) in [7, 11) is 0. The molecule has 2 N–H and O–H groups in total. The second kappa shape index (κ2) is 4.75. The smallest absolute Gasteiger partial charge is 0.128 e. The van der Waals surface area contributed by atoms with E-state index in [0.717, 1.165) is 6.42 Å². The number of halogens is 1. The zero-order chi connectivity index (χ0) is 12.5. The Balaban J connectivity index is 1.85. The first kappa shape index (κ1) is 11.8. The molecule has 18 heavy (non-hydrogen) atoms. The highest BCUT2D eigenvalue weighted by molar-refractivity contribution is 8.00. The number of nitrogens with two attached hydrogens (primary N) is 1. The van der Waals surface area contributed by atoms with E-state index in [-0.39, 0.29) is 17.1 Å². The molecular weight excluding hydrogens is 245 g/mol. The minimum Gasteiger partial charge on any atom is -0.323 e. The topological polar surface area (TPSA) is 26.0 Å². The van der Waals surface area contributed by atoms with Crippen LogP contribution >= 0.6 is 11.8 Å². The van der Waals surface area contributed by atoms with Gasteiger partial charge < -0.3 is 5.73 Å². The molecule has 2 aromatic rings. The van der Waals surface area contributed by atoms with Crippen molar-refractivity contribution in [3.05, 3.63) is 65.5 Å². The molecule has 2 unspecified atom stereocenters. The van der Waals surface area contributed by atoms with Crippen molar-refractivity contribution >= 4 is 11.8 Å². The van der Waals surface area contributed by atoms with Gasteiger partial charge in [-0.05, 0) is 24.1 Å². The molecule has 0 spiro atoms. The minimum atomic E-state index is -0.261. The lowest BCUT2D eigenvalue weighted by Gasteiger charge is -2.19. The summed E-state index contributed by atoms with van der Waals surface area (Å²) in [6.07, 6.45) is 0.913. The van der Waals surface area contributed by atoms with Gasteiger partial charge in [-0.25, -0.2) is 4.39 Å². The fourth-order valence-corrected chi connectivity index (χ4v) is 3.70. The maximum Gasteiger partial charge on any atom is 0.128 e. The van der Waals surface area contributed by atoms with Crippen LogP contribution in [-0.4, -0.2) is 5.25 Å². The minimum absolute atomic E-state index is 0.207. The van der Waals surface area contributed by atoms with Gasteiger partial charge in [0.15, 0.2) is 0 Å². The van der Waals surface area contributed by atoms with Crippen LogP contribution in [-0.2, 0) is 6.42 Å². The summed E-state index contributed by atoms with van der Waals surface area (Å²) < 4.78 is 13.7. The Morgan fingerprint density at radius 2 is 1.83 bits per heavy atom. The summed E-state index contributed by atoms with van der Waals surface area (Å²) in [6, 6.07) is 14.8. The van der Waals surface area contributed by atoms with Crippen LogP contribution in [0.3, 0.4) is 0 Å². The van der Waals surface area contributed by atoms with E-state index in [0.29, 0.717) is 5.56 Å². The van der Waals surface area contributed by atoms with Crippen LogP contribution in [0.4, 0.5) is 4.39 Å². The normalized spacial score (nSPS) is 19.6. The molecule has 1 heterocycles. The monoisotopic (exact) mass is 259 g/mol. The Hall–Kier alpha value is -1.32. The predicted molar refractivity (Wildman–Crippen MR) is 73.1 cm³/mol. The van der Waals surface area contributed by atoms with Crippen LogP contribution in [0.1, 0.15) is 17.2 Å². The molecule has 0 bridgehead atoms. The highest BCUT2D eigenvalue weighted by atomic mass is 32.2. The van der Waals surface area contributed by atoms with Crippen LogP contribution < -0.4 is 5.73 Å². The molecule has 0 amide bonds. The van der Waals surface area contributed by atoms with E-state index in [1.54, 1.807) is 23.9 Å². The van der Waals surface area contributed by atoms with E-state index in [1.807, 2.05) is 18.2 Å². The lowest BCUT2D eigenvalue weighted by atomic mass is 9.99. The molecule has 0 saturated heterocycles. The molecule has 2 atom stereocenters. The summed E-state index contributed by atoms with van der Waals surface area (Å²) >= 11 is 1.76. The zero-order valence-corrected chi connectivity index (χ0v) is 10.7. The summed E-state index contributed by atoms with van der Waals surface area (Å²) in [5, 5.41) is 0.222. The molecule has 3 heteroatoms. The van der Waals surface area contributed by atoms with Gasteiger partial charge in [-0.2, -0.15) is 0 Å². The Kier molecular flexibility index (Phi) is 3.10. The number of fused-ring (bicyclic) bond motifs is 1. The quantitative estimate of drug-likeness (QED) is 0.892. The van der Waals surface area contributed by atoms with Gasteiger partial charge in [0.25, 0.3) is 0 Å². The molecule has 3 rings (SSSR count). The summed E-state index contributed by atoms with van der Waals surface area (Å²) in [4.78, 5) is 1.27. The second-order valence-electron chi connectivity index (χ2n) is 4.52. The number of hydrogen-bond acceptors (Lipinski definition) is 2. The van der Waals surface area contributed by atoms with Gasteiger partial charge in [-0.1, -0.05) is 36.4 Å². The predicted octanol–water partition coefficient (Wildman–Crippen LogP) is 3.54. The van der Waals surface area contributed by atoms with Crippen molar-refractivity contribution in [3.8, 4) is 0 Å². The Morgan fingerprint density at radius 1 is 1.11 bits per heavy atom. The molecular formula is C15H14FNS. The van der Waals surface area contributed by atoms with Crippen molar-refractivity contribution < 1.29 is 4.39 Å². The molecule has 1 aliphatic rings. The summed E-state index contributed by atoms with van der Waals surface area (Å²) in [5.74, 6) is -0.207. The van der Waals surface area contributed by atoms with Crippen molar-refractivity contribution in [1.82, 2.24) is 0 Å². The summed E-state index contributed by atoms with van der Waals surface area (Å²) in [6.45, 7) is 0. The molecule has 0 fully saturated rings. The SMILES string of the molecule is NC(c1ccccc1F)C1Cc2ccccc2S1. The van der Waals surface area contributed by atoms with Gasteiger partial charge in [-0.3, -0.25) is 0 Å². The maximum absolute atomic E-state index is 13.7. The molecule has 92 valence electrons. The van der Waals surface area contributed by atoms with Crippen LogP contribution in [0, 0.1) is 5.82 Å². The van der Waals surface area contributed by atoms with Gasteiger partial charge in [0.05, 0.1) is 0 Å². The van der Waals surface area contributed by atoms with Gasteiger partial charge in [0, 0.05) is 21.8 Å². The first-order valence-corrected chi connectivity index (χ1v) is 6.88. The van der Waals surface area contributed by atoms with Crippen molar-refractivity contribution in [2.45, 2.75) is 22.6 Å². The molecule has 1 nitrogen and oxygen atoms in total. The molecule has 0 radical (unpaired) electrons. The summed E-state index contributed by atoms with van der Waals surface area (Å²) in [5.41, 5.74) is 8.15. The molecule has 1 aliphatic heterocycles. The van der Waals surface area contributed by atoms with Crippen LogP contribution in [0.2, 0.25) is 0 Å². The number of thioether (sulfide) groups is 1. The molecule has 0 aromatic heterocycles. The standard InChI is InChI=1S/C15H14FNS/c16-12-7-3-2-6-11(12)15(17)14-9-10-5-1-4-8-13(10)18-14/h1-8,14-15H,9,17H2. The Morgan fingerprint density at radius 3 is 2.61 bits per heavy atom. The van der Waals surface area contributed by atoms with Crippen molar-refractivity contribution in [2.24, 2.45) is 5.73 Å². The molecule has 0 aliphatic carbocycles. The molecule has 0 saturated carbocycles. The highest BCUT2D eigenvalue weighted by Gasteiger charge is 2.29. The average molecular weight is 259 g/mol. The number of benzene rings is 2. The largest absolute Gasteiger partial charge is 0.323 e. The highest BCUT2D eigenvalue weighted by Crippen LogP contribution is 2.41. The number of rotatable bonds is 2. The fraction of sp³-hybridized carbons (Fsp3) is 0.200. The van der Waals surface area contributed by atoms with Crippen LogP contribution in [0.15, 0.2) is 53.4 Å². The zero-order valence-electron chi connectivity index (χ0n) is 9.84. The van der Waals surface area contributed by atoms with Gasteiger partial charge in [-0.15, -0.1) is 11.8 Å². The maximum atomic E-state index is 13.7. The first-order chi connectivity index (χ1) is 8.75. The van der Waals surface area contributed by atoms with E-state index >= 15 is 0 Å². The van der Waals surface area contributed by atoms with E-state index in [9.17, 15) is 4.39 Å². The number of hydrogen-bond donors (Lipinski definition) is 1. The Bertz CT molecular complexity index is 545. The van der Waals surface area contributed by atoms with Crippen molar-refractivity contribution in [1.29, 1.82) is 0 Å². The van der Waals surface area contributed by atoms with Gasteiger partial charge in [0.1, 0.15) is 5.82 Å². The fourth-order valence-electron chi connectivity index (χ4n) is 2.35. The Labute approximate surface area is 110 Å². The van der Waals surface area contributed by atoms with Gasteiger partial charge >= 0.3 is 0 Å². The van der Waals surface area contributed by atoms with E-state index < -0.39 is 0 Å². The third-order valence-corrected chi connectivity index (χ3v) is 4.75. The lowest BCUT2D eigenvalue weighted by Crippen LogP contribution is -2.24. The van der Waals surface area contributed by atoms with E-state index in [2.05, 4.69) is 12.1 Å². The van der Waals surface area contributed by atoms with Gasteiger partial charge in [0.2, 0.25) is 0 Å². The third-order valence-electron chi connectivity index (χ3n) is 3.34. The van der Waals surface area contributed by atoms with E-state index in [1.165, 1.54) is 16.5 Å². The van der Waals surface area contributed by atoms with Crippen LogP contribution in [0.25, 0.3) is 0 Å². The average Bonchev–Trinajstić information content (AvgIpc) is 2.82. The van der Waals surface area contributed by atoms with Crippen molar-refractivity contribution in [2.75, 3.05) is 0 Å². The lowest BCUT2D eigenvalue weighted by molar-refractivity contribution is 0.572. The van der Waals surface area contributed by atoms with Crippen LogP contribution in [0.5, 0.6) is 0 Å². The molecule has 2 aromatic carbocycles. The second-order valence-corrected chi connectivity index (χ2v) is 5.80. The van der Waals surface area contributed by atoms with E-state index in [4.69, 9.17) is 5.73 Å². The first-order valence-electron chi connectivity index (χ1n) is 6.00. The third kappa shape index (κ3) is 2.04.